The molecule has 0 aliphatic rings. The van der Waals surface area contributed by atoms with Gasteiger partial charge in [-0.15, -0.1) is 0 Å². The van der Waals surface area contributed by atoms with Crippen molar-refractivity contribution in [2.45, 2.75) is 24.9 Å². The average Bonchev–Trinajstić information content (AvgIpc) is 3.21. The molecule has 0 aliphatic heterocycles. The van der Waals surface area contributed by atoms with Crippen LogP contribution in [0.25, 0.3) is 0 Å². The van der Waals surface area contributed by atoms with Crippen LogP contribution in [0.4, 0.5) is 0 Å². The Balaban J connectivity index is 2.03. The molecular weight excluding hydrogens is 458 g/mol. The van der Waals surface area contributed by atoms with Crippen LogP contribution in [0, 0.1) is 6.92 Å². The van der Waals surface area contributed by atoms with Gasteiger partial charge in [-0.05, 0) is 70.4 Å². The summed E-state index contributed by atoms with van der Waals surface area (Å²) in [5.74, 6) is 1.53. The number of halogens is 1. The van der Waals surface area contributed by atoms with E-state index in [0.717, 1.165) is 15.6 Å². The minimum Gasteiger partial charge on any atom is -0.496 e. The molecule has 0 unspecified atom stereocenters. The van der Waals surface area contributed by atoms with Crippen LogP contribution in [0.15, 0.2) is 68.6 Å². The summed E-state index contributed by atoms with van der Waals surface area (Å²) in [5.41, 5.74) is 1.63. The number of ether oxygens (including phenoxy) is 2. The third-order valence-corrected chi connectivity index (χ3v) is 6.86. The van der Waals surface area contributed by atoms with E-state index in [-0.39, 0.29) is 18.0 Å². The highest BCUT2D eigenvalue weighted by Gasteiger charge is 2.29. The molecule has 2 aromatic carbocycles. The summed E-state index contributed by atoms with van der Waals surface area (Å²) in [7, 11) is -0.827. The monoisotopic (exact) mass is 479 g/mol. The topological polar surface area (TPSA) is 69.0 Å². The van der Waals surface area contributed by atoms with Gasteiger partial charge in [-0.1, -0.05) is 12.1 Å². The Labute approximate surface area is 179 Å². The van der Waals surface area contributed by atoms with Crippen LogP contribution < -0.4 is 9.47 Å². The minimum absolute atomic E-state index is 0.0933. The normalized spacial score (nSPS) is 11.6. The minimum atomic E-state index is -3.87. The molecule has 0 amide bonds. The molecule has 3 rings (SSSR count). The zero-order chi connectivity index (χ0) is 21.0. The van der Waals surface area contributed by atoms with Gasteiger partial charge in [-0.2, -0.15) is 4.31 Å². The maximum absolute atomic E-state index is 13.6. The molecule has 0 N–H and O–H groups in total. The number of methoxy groups -OCH3 is 2. The first-order valence-corrected chi connectivity index (χ1v) is 11.1. The highest BCUT2D eigenvalue weighted by atomic mass is 79.9. The summed E-state index contributed by atoms with van der Waals surface area (Å²) in [6.45, 7) is 2.09. The molecule has 0 spiro atoms. The van der Waals surface area contributed by atoms with Crippen molar-refractivity contribution in [1.82, 2.24) is 4.31 Å². The van der Waals surface area contributed by atoms with Gasteiger partial charge >= 0.3 is 0 Å². The molecule has 0 saturated heterocycles. The molecular formula is C21H22BrNO5S. The quantitative estimate of drug-likeness (QED) is 0.465. The molecule has 0 radical (unpaired) electrons. The Morgan fingerprint density at radius 3 is 2.34 bits per heavy atom. The Morgan fingerprint density at radius 2 is 1.72 bits per heavy atom. The number of benzene rings is 2. The predicted octanol–water partition coefficient (Wildman–Crippen LogP) is 4.76. The van der Waals surface area contributed by atoms with Crippen molar-refractivity contribution >= 4 is 26.0 Å². The summed E-state index contributed by atoms with van der Waals surface area (Å²) in [6.07, 6.45) is 1.53. The highest BCUT2D eigenvalue weighted by molar-refractivity contribution is 9.10. The number of hydrogen-bond acceptors (Lipinski definition) is 5. The largest absolute Gasteiger partial charge is 0.496 e. The lowest BCUT2D eigenvalue weighted by atomic mass is 10.2. The summed E-state index contributed by atoms with van der Waals surface area (Å²) in [6, 6.07) is 14.1. The van der Waals surface area contributed by atoms with Gasteiger partial charge < -0.3 is 13.9 Å². The van der Waals surface area contributed by atoms with E-state index >= 15 is 0 Å². The van der Waals surface area contributed by atoms with Crippen molar-refractivity contribution in [3.63, 3.8) is 0 Å². The maximum atomic E-state index is 13.6. The molecule has 0 aliphatic carbocycles. The van der Waals surface area contributed by atoms with E-state index in [1.165, 1.54) is 17.7 Å². The van der Waals surface area contributed by atoms with E-state index in [0.29, 0.717) is 17.3 Å². The van der Waals surface area contributed by atoms with Gasteiger partial charge in [0, 0.05) is 6.54 Å². The Hall–Kier alpha value is -2.29. The Bertz CT molecular complexity index is 1080. The third kappa shape index (κ3) is 4.83. The first-order chi connectivity index (χ1) is 13.8. The van der Waals surface area contributed by atoms with Gasteiger partial charge in [0.2, 0.25) is 10.0 Å². The second-order valence-electron chi connectivity index (χ2n) is 6.48. The fourth-order valence-corrected chi connectivity index (χ4v) is 5.16. The Morgan fingerprint density at radius 1 is 1.00 bits per heavy atom. The highest BCUT2D eigenvalue weighted by Crippen LogP contribution is 2.31. The van der Waals surface area contributed by atoms with E-state index in [9.17, 15) is 8.42 Å². The van der Waals surface area contributed by atoms with Crippen LogP contribution in [0.3, 0.4) is 0 Å². The number of nitrogens with zero attached hydrogens (tertiary/aromatic N) is 1. The lowest BCUT2D eigenvalue weighted by Gasteiger charge is -2.23. The van der Waals surface area contributed by atoms with E-state index in [2.05, 4.69) is 15.9 Å². The van der Waals surface area contributed by atoms with Crippen LogP contribution in [0.5, 0.6) is 11.5 Å². The molecule has 0 saturated carbocycles. The number of hydrogen-bond donors (Lipinski definition) is 0. The molecule has 8 heteroatoms. The van der Waals surface area contributed by atoms with Gasteiger partial charge in [0.1, 0.15) is 22.2 Å². The van der Waals surface area contributed by atoms with E-state index < -0.39 is 10.0 Å². The van der Waals surface area contributed by atoms with Crippen LogP contribution in [0.2, 0.25) is 0 Å². The van der Waals surface area contributed by atoms with Gasteiger partial charge in [-0.25, -0.2) is 8.42 Å². The second kappa shape index (κ2) is 9.02. The van der Waals surface area contributed by atoms with Gasteiger partial charge in [-0.3, -0.25) is 0 Å². The lowest BCUT2D eigenvalue weighted by Crippen LogP contribution is -2.30. The molecule has 29 heavy (non-hydrogen) atoms. The van der Waals surface area contributed by atoms with Crippen molar-refractivity contribution in [3.05, 3.63) is 76.2 Å². The molecule has 6 nitrogen and oxygen atoms in total. The van der Waals surface area contributed by atoms with Gasteiger partial charge in [0.05, 0.1) is 31.5 Å². The molecule has 1 heterocycles. The maximum Gasteiger partial charge on any atom is 0.247 e. The van der Waals surface area contributed by atoms with E-state index in [4.69, 9.17) is 13.9 Å². The van der Waals surface area contributed by atoms with Crippen molar-refractivity contribution in [2.75, 3.05) is 14.2 Å². The third-order valence-electron chi connectivity index (χ3n) is 4.42. The summed E-state index contributed by atoms with van der Waals surface area (Å²) in [4.78, 5) is 0.124. The van der Waals surface area contributed by atoms with Crippen molar-refractivity contribution in [1.29, 1.82) is 0 Å². The first kappa shape index (κ1) is 21.4. The van der Waals surface area contributed by atoms with Crippen molar-refractivity contribution in [3.8, 4) is 11.5 Å². The van der Waals surface area contributed by atoms with E-state index in [1.807, 2.05) is 25.1 Å². The molecule has 0 atom stereocenters. The van der Waals surface area contributed by atoms with E-state index in [1.54, 1.807) is 37.4 Å². The predicted molar refractivity (Wildman–Crippen MR) is 114 cm³/mol. The van der Waals surface area contributed by atoms with Crippen molar-refractivity contribution in [2.24, 2.45) is 0 Å². The number of aryl methyl sites for hydroxylation is 1. The standard InChI is InChI=1S/C21H22BrNO5S/c1-15-6-8-20(27-3)21(11-15)29(24,25)23(14-17-5-4-10-28-17)13-16-7-9-19(26-2)18(22)12-16/h4-12H,13-14H2,1-3H3. The zero-order valence-electron chi connectivity index (χ0n) is 16.4. The summed E-state index contributed by atoms with van der Waals surface area (Å²) in [5, 5.41) is 0. The Kier molecular flexibility index (Phi) is 6.66. The van der Waals surface area contributed by atoms with Crippen LogP contribution in [-0.4, -0.2) is 26.9 Å². The van der Waals surface area contributed by atoms with Crippen LogP contribution in [-0.2, 0) is 23.1 Å². The first-order valence-electron chi connectivity index (χ1n) is 8.84. The zero-order valence-corrected chi connectivity index (χ0v) is 18.8. The van der Waals surface area contributed by atoms with Crippen LogP contribution in [0.1, 0.15) is 16.9 Å². The van der Waals surface area contributed by atoms with Crippen molar-refractivity contribution < 1.29 is 22.3 Å². The van der Waals surface area contributed by atoms with Gasteiger partial charge in [0.15, 0.2) is 0 Å². The number of rotatable bonds is 8. The molecule has 154 valence electrons. The fraction of sp³-hybridized carbons (Fsp3) is 0.238. The fourth-order valence-electron chi connectivity index (χ4n) is 2.94. The molecule has 0 bridgehead atoms. The second-order valence-corrected chi connectivity index (χ2v) is 9.24. The van der Waals surface area contributed by atoms with Gasteiger partial charge in [0.25, 0.3) is 0 Å². The molecule has 1 aromatic heterocycles. The number of furan rings is 1. The smallest absolute Gasteiger partial charge is 0.247 e. The SMILES string of the molecule is COc1ccc(CN(Cc2ccco2)S(=O)(=O)c2cc(C)ccc2OC)cc1Br. The number of sulfonamides is 1. The summed E-state index contributed by atoms with van der Waals surface area (Å²) >= 11 is 3.45. The average molecular weight is 480 g/mol. The van der Waals surface area contributed by atoms with Crippen LogP contribution >= 0.6 is 15.9 Å². The molecule has 3 aromatic rings. The molecule has 0 fully saturated rings. The summed E-state index contributed by atoms with van der Waals surface area (Å²) < 4.78 is 45.2. The lowest BCUT2D eigenvalue weighted by molar-refractivity contribution is 0.353.